The van der Waals surface area contributed by atoms with Crippen LogP contribution >= 0.6 is 0 Å². The maximum Gasteiger partial charge on any atom is 0.338 e. The molecular weight excluding hydrogens is 294 g/mol. The fourth-order valence-electron chi connectivity index (χ4n) is 1.70. The highest BCUT2D eigenvalue weighted by Gasteiger charge is 2.10. The van der Waals surface area contributed by atoms with Gasteiger partial charge in [-0.25, -0.2) is 4.79 Å². The summed E-state index contributed by atoms with van der Waals surface area (Å²) in [6, 6.07) is 8.15. The van der Waals surface area contributed by atoms with E-state index in [2.05, 4.69) is 17.6 Å². The summed E-state index contributed by atoms with van der Waals surface area (Å²) in [6.45, 7) is 4.81. The molecule has 1 amide bonds. The molecule has 0 unspecified atom stereocenters. The average molecular weight is 315 g/mol. The molecule has 23 heavy (non-hydrogen) atoms. The Bertz CT molecular complexity index is 601. The van der Waals surface area contributed by atoms with Crippen molar-refractivity contribution in [3.63, 3.8) is 0 Å². The predicted molar refractivity (Wildman–Crippen MR) is 87.6 cm³/mol. The monoisotopic (exact) mass is 315 g/mol. The van der Waals surface area contributed by atoms with Crippen LogP contribution in [0.3, 0.4) is 0 Å². The maximum absolute atomic E-state index is 12.0. The van der Waals surface area contributed by atoms with Crippen molar-refractivity contribution in [3.05, 3.63) is 41.6 Å². The Labute approximate surface area is 136 Å². The lowest BCUT2D eigenvalue weighted by molar-refractivity contribution is -0.112. The van der Waals surface area contributed by atoms with Gasteiger partial charge in [-0.05, 0) is 37.6 Å². The molecule has 0 heterocycles. The number of nitriles is 1. The summed E-state index contributed by atoms with van der Waals surface area (Å²) in [5.74, 6) is -0.913. The van der Waals surface area contributed by atoms with Crippen LogP contribution in [0.4, 0.5) is 5.69 Å². The Morgan fingerprint density at radius 3 is 2.52 bits per heavy atom. The number of benzene rings is 1. The molecule has 1 aromatic carbocycles. The van der Waals surface area contributed by atoms with Gasteiger partial charge in [-0.1, -0.05) is 13.3 Å². The highest BCUT2D eigenvalue weighted by atomic mass is 16.5. The van der Waals surface area contributed by atoms with E-state index in [1.165, 1.54) is 6.20 Å². The molecule has 122 valence electrons. The lowest BCUT2D eigenvalue weighted by atomic mass is 10.2. The quantitative estimate of drug-likeness (QED) is 0.333. The number of carbonyl (C=O) groups is 2. The van der Waals surface area contributed by atoms with Gasteiger partial charge in [0.05, 0.1) is 12.2 Å². The van der Waals surface area contributed by atoms with Gasteiger partial charge in [-0.15, -0.1) is 0 Å². The first-order chi connectivity index (χ1) is 11.1. The zero-order valence-corrected chi connectivity index (χ0v) is 13.4. The third kappa shape index (κ3) is 6.22. The molecular formula is C17H21N3O3. The molecule has 0 aliphatic heterocycles. The fraction of sp³-hybridized carbons (Fsp3) is 0.353. The van der Waals surface area contributed by atoms with Crippen molar-refractivity contribution in [1.29, 1.82) is 5.26 Å². The molecule has 2 N–H and O–H groups in total. The van der Waals surface area contributed by atoms with E-state index < -0.39 is 11.9 Å². The summed E-state index contributed by atoms with van der Waals surface area (Å²) in [6.07, 6.45) is 3.41. The molecule has 0 aliphatic rings. The fourth-order valence-corrected chi connectivity index (χ4v) is 1.70. The molecule has 0 aliphatic carbocycles. The number of ether oxygens (including phenoxy) is 1. The van der Waals surface area contributed by atoms with Crippen LogP contribution in [0.2, 0.25) is 0 Å². The van der Waals surface area contributed by atoms with Crippen molar-refractivity contribution in [2.45, 2.75) is 26.7 Å². The molecule has 1 aromatic rings. The van der Waals surface area contributed by atoms with Gasteiger partial charge in [0.15, 0.2) is 0 Å². The Kier molecular flexibility index (Phi) is 7.94. The topological polar surface area (TPSA) is 91.2 Å². The first-order valence-electron chi connectivity index (χ1n) is 7.54. The summed E-state index contributed by atoms with van der Waals surface area (Å²) < 4.78 is 4.88. The van der Waals surface area contributed by atoms with E-state index in [9.17, 15) is 9.59 Å². The molecule has 6 heteroatoms. The number of carbonyl (C=O) groups excluding carboxylic acids is 2. The number of rotatable bonds is 8. The largest absolute Gasteiger partial charge is 0.462 e. The highest BCUT2D eigenvalue weighted by molar-refractivity contribution is 6.06. The van der Waals surface area contributed by atoms with Crippen LogP contribution in [0.5, 0.6) is 0 Å². The van der Waals surface area contributed by atoms with Gasteiger partial charge in [0.25, 0.3) is 5.91 Å². The van der Waals surface area contributed by atoms with Crippen molar-refractivity contribution >= 4 is 17.6 Å². The summed E-state index contributed by atoms with van der Waals surface area (Å²) in [4.78, 5) is 23.5. The van der Waals surface area contributed by atoms with Crippen molar-refractivity contribution in [3.8, 4) is 6.07 Å². The van der Waals surface area contributed by atoms with Crippen molar-refractivity contribution in [2.24, 2.45) is 0 Å². The van der Waals surface area contributed by atoms with Crippen LogP contribution in [0.25, 0.3) is 0 Å². The summed E-state index contributed by atoms with van der Waals surface area (Å²) in [5, 5.41) is 14.6. The Balaban J connectivity index is 2.65. The zero-order chi connectivity index (χ0) is 17.1. The number of esters is 1. The number of nitrogens with one attached hydrogen (secondary N) is 2. The smallest absolute Gasteiger partial charge is 0.338 e. The standard InChI is InChI=1S/C17H21N3O3/c1-3-5-10-19-12-14(11-18)16(21)20-15-8-6-13(7-9-15)17(22)23-4-2/h6-9,12,19H,3-5,10H2,1-2H3,(H,20,21)/b14-12-. The molecule has 0 radical (unpaired) electrons. The molecule has 0 atom stereocenters. The van der Waals surface area contributed by atoms with Crippen molar-refractivity contribution in [1.82, 2.24) is 5.32 Å². The molecule has 1 rings (SSSR count). The van der Waals surface area contributed by atoms with E-state index >= 15 is 0 Å². The third-order valence-corrected chi connectivity index (χ3v) is 2.94. The van der Waals surface area contributed by atoms with E-state index in [0.717, 1.165) is 12.8 Å². The third-order valence-electron chi connectivity index (χ3n) is 2.94. The van der Waals surface area contributed by atoms with E-state index in [0.29, 0.717) is 24.4 Å². The van der Waals surface area contributed by atoms with Gasteiger partial charge in [0.1, 0.15) is 11.6 Å². The Morgan fingerprint density at radius 1 is 1.26 bits per heavy atom. The molecule has 0 spiro atoms. The molecule has 0 aromatic heterocycles. The molecule has 0 fully saturated rings. The second kappa shape index (κ2) is 10.0. The SMILES string of the molecule is CCCCN/C=C(/C#N)C(=O)Nc1ccc(C(=O)OCC)cc1. The van der Waals surface area contributed by atoms with Gasteiger partial charge in [-0.2, -0.15) is 5.26 Å². The van der Waals surface area contributed by atoms with Crippen LogP contribution in [-0.2, 0) is 9.53 Å². The first kappa shape index (κ1) is 18.2. The Hall–Kier alpha value is -2.81. The number of nitrogens with zero attached hydrogens (tertiary/aromatic N) is 1. The van der Waals surface area contributed by atoms with E-state index in [1.54, 1.807) is 31.2 Å². The van der Waals surface area contributed by atoms with Crippen molar-refractivity contribution < 1.29 is 14.3 Å². The summed E-state index contributed by atoms with van der Waals surface area (Å²) in [5.41, 5.74) is 0.899. The van der Waals surface area contributed by atoms with E-state index in [-0.39, 0.29) is 5.57 Å². The number of anilines is 1. The Morgan fingerprint density at radius 2 is 1.96 bits per heavy atom. The highest BCUT2D eigenvalue weighted by Crippen LogP contribution is 2.11. The average Bonchev–Trinajstić information content (AvgIpc) is 2.55. The number of hydrogen-bond donors (Lipinski definition) is 2. The summed E-state index contributed by atoms with van der Waals surface area (Å²) >= 11 is 0. The van der Waals surface area contributed by atoms with Crippen LogP contribution in [0.1, 0.15) is 37.0 Å². The maximum atomic E-state index is 12.0. The number of amides is 1. The van der Waals surface area contributed by atoms with Crippen molar-refractivity contribution in [2.75, 3.05) is 18.5 Å². The van der Waals surface area contributed by atoms with Gasteiger partial charge >= 0.3 is 5.97 Å². The van der Waals surface area contributed by atoms with Gasteiger partial charge < -0.3 is 15.4 Å². The van der Waals surface area contributed by atoms with Crippen LogP contribution < -0.4 is 10.6 Å². The van der Waals surface area contributed by atoms with E-state index in [1.807, 2.05) is 6.07 Å². The lowest BCUT2D eigenvalue weighted by Gasteiger charge is -2.06. The van der Waals surface area contributed by atoms with Crippen LogP contribution in [-0.4, -0.2) is 25.0 Å². The second-order valence-corrected chi connectivity index (χ2v) is 4.73. The lowest BCUT2D eigenvalue weighted by Crippen LogP contribution is -2.17. The van der Waals surface area contributed by atoms with Crippen LogP contribution in [0.15, 0.2) is 36.0 Å². The molecule has 0 saturated carbocycles. The summed E-state index contributed by atoms with van der Waals surface area (Å²) in [7, 11) is 0. The normalized spacial score (nSPS) is 10.6. The first-order valence-corrected chi connectivity index (χ1v) is 7.54. The second-order valence-electron chi connectivity index (χ2n) is 4.73. The number of hydrogen-bond acceptors (Lipinski definition) is 5. The minimum absolute atomic E-state index is 0.00410. The van der Waals surface area contributed by atoms with Gasteiger partial charge in [0, 0.05) is 18.4 Å². The minimum atomic E-state index is -0.500. The predicted octanol–water partition coefficient (Wildman–Crippen LogP) is 2.60. The zero-order valence-electron chi connectivity index (χ0n) is 13.4. The van der Waals surface area contributed by atoms with Gasteiger partial charge in [-0.3, -0.25) is 4.79 Å². The molecule has 6 nitrogen and oxygen atoms in total. The number of unbranched alkanes of at least 4 members (excludes halogenated alkanes) is 1. The molecule has 0 saturated heterocycles. The molecule has 0 bridgehead atoms. The minimum Gasteiger partial charge on any atom is -0.462 e. The van der Waals surface area contributed by atoms with Gasteiger partial charge in [0.2, 0.25) is 0 Å². The van der Waals surface area contributed by atoms with E-state index in [4.69, 9.17) is 10.00 Å². The van der Waals surface area contributed by atoms with Crippen LogP contribution in [0, 0.1) is 11.3 Å².